The number of hydrogen-bond donors (Lipinski definition) is 1. The van der Waals surface area contributed by atoms with Gasteiger partial charge in [0.15, 0.2) is 0 Å². The van der Waals surface area contributed by atoms with Gasteiger partial charge in [0.1, 0.15) is 5.69 Å². The molecule has 1 aromatic heterocycles. The Bertz CT molecular complexity index is 363. The van der Waals surface area contributed by atoms with Crippen LogP contribution in [0.1, 0.15) is 35.9 Å². The van der Waals surface area contributed by atoms with Crippen LogP contribution in [0.15, 0.2) is 6.07 Å². The molecular formula is C9H13N3O. The lowest BCUT2D eigenvalue weighted by Gasteiger charge is -2.00. The number of carbonyl (C=O) groups is 1. The predicted molar refractivity (Wildman–Crippen MR) is 48.3 cm³/mol. The first-order valence-electron chi connectivity index (χ1n) is 4.37. The molecule has 0 aliphatic heterocycles. The molecule has 0 atom stereocenters. The van der Waals surface area contributed by atoms with Crippen molar-refractivity contribution >= 4 is 5.91 Å². The molecule has 1 heterocycles. The number of aromatic nitrogens is 2. The Kier molecular flexibility index (Phi) is 1.49. The van der Waals surface area contributed by atoms with E-state index in [1.165, 1.54) is 0 Å². The van der Waals surface area contributed by atoms with Gasteiger partial charge in [-0.15, -0.1) is 0 Å². The highest BCUT2D eigenvalue weighted by Crippen LogP contribution is 2.46. The summed E-state index contributed by atoms with van der Waals surface area (Å²) in [4.78, 5) is 10.9. The highest BCUT2D eigenvalue weighted by molar-refractivity contribution is 5.91. The Balaban J connectivity index is 2.41. The molecule has 1 aliphatic carbocycles. The van der Waals surface area contributed by atoms with Crippen LogP contribution in [-0.2, 0) is 12.5 Å². The van der Waals surface area contributed by atoms with Crippen molar-refractivity contribution in [1.82, 2.24) is 9.78 Å². The van der Waals surface area contributed by atoms with Crippen molar-refractivity contribution in [2.24, 2.45) is 12.8 Å². The Morgan fingerprint density at radius 3 is 2.69 bits per heavy atom. The topological polar surface area (TPSA) is 60.9 Å². The molecule has 0 spiro atoms. The van der Waals surface area contributed by atoms with E-state index in [1.807, 2.05) is 0 Å². The molecule has 1 aromatic rings. The summed E-state index contributed by atoms with van der Waals surface area (Å²) in [5.74, 6) is -0.412. The quantitative estimate of drug-likeness (QED) is 0.721. The lowest BCUT2D eigenvalue weighted by molar-refractivity contribution is 0.0991. The number of nitrogens with two attached hydrogens (primary N) is 1. The third kappa shape index (κ3) is 1.22. The zero-order valence-corrected chi connectivity index (χ0v) is 7.87. The molecule has 1 fully saturated rings. The molecule has 0 radical (unpaired) electrons. The van der Waals surface area contributed by atoms with Gasteiger partial charge in [-0.2, -0.15) is 5.10 Å². The summed E-state index contributed by atoms with van der Waals surface area (Å²) in [6, 6.07) is 1.80. The molecule has 0 unspecified atom stereocenters. The standard InChI is InChI=1S/C9H13N3O/c1-9(3-4-9)7-5-6(8(10)13)12(2)11-7/h5H,3-4H2,1-2H3,(H2,10,13). The molecule has 0 aromatic carbocycles. The fraction of sp³-hybridized carbons (Fsp3) is 0.556. The number of hydrogen-bond acceptors (Lipinski definition) is 2. The Hall–Kier alpha value is -1.32. The van der Waals surface area contributed by atoms with Gasteiger partial charge < -0.3 is 5.73 Å². The average Bonchev–Trinajstić information content (AvgIpc) is 2.63. The van der Waals surface area contributed by atoms with Crippen molar-refractivity contribution in [3.8, 4) is 0 Å². The van der Waals surface area contributed by atoms with Gasteiger partial charge in [-0.3, -0.25) is 9.48 Å². The van der Waals surface area contributed by atoms with E-state index in [1.54, 1.807) is 17.8 Å². The van der Waals surface area contributed by atoms with Crippen LogP contribution in [0.25, 0.3) is 0 Å². The second kappa shape index (κ2) is 2.34. The summed E-state index contributed by atoms with van der Waals surface area (Å²) in [5.41, 5.74) is 6.87. The minimum absolute atomic E-state index is 0.200. The molecule has 0 saturated heterocycles. The van der Waals surface area contributed by atoms with Gasteiger partial charge in [-0.25, -0.2) is 0 Å². The lowest BCUT2D eigenvalue weighted by Crippen LogP contribution is -2.15. The summed E-state index contributed by atoms with van der Waals surface area (Å²) in [7, 11) is 1.75. The number of carbonyl (C=O) groups excluding carboxylic acids is 1. The van der Waals surface area contributed by atoms with Crippen molar-refractivity contribution in [1.29, 1.82) is 0 Å². The van der Waals surface area contributed by atoms with Gasteiger partial charge in [-0.1, -0.05) is 6.92 Å². The Labute approximate surface area is 76.7 Å². The van der Waals surface area contributed by atoms with Crippen molar-refractivity contribution in [2.45, 2.75) is 25.2 Å². The van der Waals surface area contributed by atoms with E-state index in [0.29, 0.717) is 5.69 Å². The second-order valence-electron chi connectivity index (χ2n) is 3.96. The minimum atomic E-state index is -0.412. The van der Waals surface area contributed by atoms with E-state index in [0.717, 1.165) is 18.5 Å². The normalized spacial score (nSPS) is 18.6. The summed E-state index contributed by atoms with van der Waals surface area (Å²) >= 11 is 0. The first-order chi connectivity index (χ1) is 6.03. The zero-order valence-electron chi connectivity index (χ0n) is 7.87. The van der Waals surface area contributed by atoms with Crippen LogP contribution in [0.5, 0.6) is 0 Å². The molecule has 4 heteroatoms. The van der Waals surface area contributed by atoms with E-state index in [9.17, 15) is 4.79 Å². The number of aryl methyl sites for hydroxylation is 1. The summed E-state index contributed by atoms with van der Waals surface area (Å²) in [6.45, 7) is 2.15. The second-order valence-corrected chi connectivity index (χ2v) is 3.96. The third-order valence-corrected chi connectivity index (χ3v) is 2.75. The first-order valence-corrected chi connectivity index (χ1v) is 4.37. The van der Waals surface area contributed by atoms with Crippen molar-refractivity contribution in [2.75, 3.05) is 0 Å². The van der Waals surface area contributed by atoms with Crippen molar-refractivity contribution in [3.63, 3.8) is 0 Å². The molecule has 13 heavy (non-hydrogen) atoms. The summed E-state index contributed by atoms with van der Waals surface area (Å²) in [6.07, 6.45) is 2.31. The molecule has 2 rings (SSSR count). The van der Waals surface area contributed by atoms with Crippen LogP contribution < -0.4 is 5.73 Å². The molecule has 4 nitrogen and oxygen atoms in total. The molecule has 2 N–H and O–H groups in total. The smallest absolute Gasteiger partial charge is 0.266 e. The van der Waals surface area contributed by atoms with Crippen LogP contribution >= 0.6 is 0 Å². The Morgan fingerprint density at radius 1 is 1.69 bits per heavy atom. The summed E-state index contributed by atoms with van der Waals surface area (Å²) < 4.78 is 1.56. The first kappa shape index (κ1) is 8.29. The van der Waals surface area contributed by atoms with Crippen LogP contribution in [-0.4, -0.2) is 15.7 Å². The van der Waals surface area contributed by atoms with E-state index < -0.39 is 5.91 Å². The largest absolute Gasteiger partial charge is 0.364 e. The summed E-state index contributed by atoms with van der Waals surface area (Å²) in [5, 5.41) is 4.28. The number of nitrogens with zero attached hydrogens (tertiary/aromatic N) is 2. The fourth-order valence-corrected chi connectivity index (χ4v) is 1.44. The molecule has 1 amide bonds. The molecule has 70 valence electrons. The maximum absolute atomic E-state index is 10.9. The number of primary amides is 1. The van der Waals surface area contributed by atoms with Gasteiger partial charge in [0, 0.05) is 12.5 Å². The molecule has 1 saturated carbocycles. The predicted octanol–water partition coefficient (Wildman–Crippen LogP) is 0.571. The monoisotopic (exact) mass is 179 g/mol. The maximum atomic E-state index is 10.9. The highest BCUT2D eigenvalue weighted by Gasteiger charge is 2.41. The fourth-order valence-electron chi connectivity index (χ4n) is 1.44. The van der Waals surface area contributed by atoms with Crippen LogP contribution in [0.2, 0.25) is 0 Å². The molecular weight excluding hydrogens is 166 g/mol. The van der Waals surface area contributed by atoms with E-state index in [4.69, 9.17) is 5.73 Å². The van der Waals surface area contributed by atoms with Crippen LogP contribution in [0.3, 0.4) is 0 Å². The molecule has 0 bridgehead atoms. The van der Waals surface area contributed by atoms with Crippen LogP contribution in [0, 0.1) is 0 Å². The number of rotatable bonds is 2. The maximum Gasteiger partial charge on any atom is 0.266 e. The Morgan fingerprint density at radius 2 is 2.31 bits per heavy atom. The van der Waals surface area contributed by atoms with E-state index >= 15 is 0 Å². The average molecular weight is 179 g/mol. The van der Waals surface area contributed by atoms with Gasteiger partial charge in [-0.05, 0) is 18.9 Å². The number of amides is 1. The van der Waals surface area contributed by atoms with Gasteiger partial charge in [0.05, 0.1) is 5.69 Å². The van der Waals surface area contributed by atoms with Gasteiger partial charge >= 0.3 is 0 Å². The third-order valence-electron chi connectivity index (χ3n) is 2.75. The zero-order chi connectivity index (χ0) is 9.64. The van der Waals surface area contributed by atoms with Gasteiger partial charge in [0.2, 0.25) is 0 Å². The van der Waals surface area contributed by atoms with Crippen LogP contribution in [0.4, 0.5) is 0 Å². The minimum Gasteiger partial charge on any atom is -0.364 e. The van der Waals surface area contributed by atoms with Crippen molar-refractivity contribution in [3.05, 3.63) is 17.5 Å². The SMILES string of the molecule is Cn1nc(C2(C)CC2)cc1C(N)=O. The van der Waals surface area contributed by atoms with E-state index in [2.05, 4.69) is 12.0 Å². The van der Waals surface area contributed by atoms with Crippen molar-refractivity contribution < 1.29 is 4.79 Å². The molecule has 1 aliphatic rings. The lowest BCUT2D eigenvalue weighted by atomic mass is 10.1. The highest BCUT2D eigenvalue weighted by atomic mass is 16.1. The van der Waals surface area contributed by atoms with E-state index in [-0.39, 0.29) is 5.41 Å². The van der Waals surface area contributed by atoms with Gasteiger partial charge in [0.25, 0.3) is 5.91 Å².